The van der Waals surface area contributed by atoms with Gasteiger partial charge in [0.25, 0.3) is 0 Å². The summed E-state index contributed by atoms with van der Waals surface area (Å²) in [5.74, 6) is 0.823. The van der Waals surface area contributed by atoms with Crippen LogP contribution < -0.4 is 5.32 Å². The van der Waals surface area contributed by atoms with Crippen LogP contribution in [0.15, 0.2) is 23.1 Å². The first kappa shape index (κ1) is 18.1. The van der Waals surface area contributed by atoms with Crippen LogP contribution in [0.3, 0.4) is 0 Å². The van der Waals surface area contributed by atoms with Gasteiger partial charge >= 0.3 is 5.97 Å². The number of methoxy groups -OCH3 is 1. The third-order valence-electron chi connectivity index (χ3n) is 3.63. The maximum Gasteiger partial charge on any atom is 0.325 e. The van der Waals surface area contributed by atoms with Crippen LogP contribution in [0, 0.1) is 13.8 Å². The predicted molar refractivity (Wildman–Crippen MR) is 90.0 cm³/mol. The molecular formula is C17H27NO2S. The highest BCUT2D eigenvalue weighted by molar-refractivity contribution is 7.99. The molecule has 4 heteroatoms. The van der Waals surface area contributed by atoms with Gasteiger partial charge in [-0.1, -0.05) is 24.6 Å². The summed E-state index contributed by atoms with van der Waals surface area (Å²) in [6, 6.07) is 6.53. The fourth-order valence-electron chi connectivity index (χ4n) is 2.35. The Morgan fingerprint density at radius 3 is 2.71 bits per heavy atom. The molecule has 0 aromatic heterocycles. The Hall–Kier alpha value is -1.00. The van der Waals surface area contributed by atoms with Crippen molar-refractivity contribution >= 4 is 17.7 Å². The predicted octanol–water partition coefficient (Wildman–Crippen LogP) is 3.72. The van der Waals surface area contributed by atoms with E-state index in [1.165, 1.54) is 23.1 Å². The second-order valence-electron chi connectivity index (χ2n) is 5.57. The molecule has 1 unspecified atom stereocenters. The average molecular weight is 309 g/mol. The van der Waals surface area contributed by atoms with E-state index in [1.807, 2.05) is 25.6 Å². The molecule has 0 fully saturated rings. The minimum atomic E-state index is -0.578. The van der Waals surface area contributed by atoms with E-state index in [2.05, 4.69) is 37.4 Å². The van der Waals surface area contributed by atoms with Crippen molar-refractivity contribution in [3.8, 4) is 0 Å². The molecule has 0 bridgehead atoms. The lowest BCUT2D eigenvalue weighted by atomic mass is 9.96. The molecule has 0 saturated heterocycles. The van der Waals surface area contributed by atoms with Gasteiger partial charge in [0.1, 0.15) is 5.54 Å². The lowest BCUT2D eigenvalue weighted by Crippen LogP contribution is -2.50. The molecule has 0 radical (unpaired) electrons. The highest BCUT2D eigenvalue weighted by Crippen LogP contribution is 2.26. The topological polar surface area (TPSA) is 38.3 Å². The standard InChI is InChI=1S/C17H27NO2S/c1-6-18-17(4,16(19)20-5)10-7-11-21-15-12-13(2)8-9-14(15)3/h8-9,12,18H,6-7,10-11H2,1-5H3. The van der Waals surface area contributed by atoms with Crippen LogP contribution in [0.2, 0.25) is 0 Å². The van der Waals surface area contributed by atoms with Crippen LogP contribution in [-0.4, -0.2) is 30.9 Å². The summed E-state index contributed by atoms with van der Waals surface area (Å²) in [5.41, 5.74) is 2.02. The Labute approximate surface area is 132 Å². The molecule has 0 aliphatic rings. The van der Waals surface area contributed by atoms with E-state index < -0.39 is 5.54 Å². The van der Waals surface area contributed by atoms with Crippen molar-refractivity contribution in [2.45, 2.75) is 51.0 Å². The van der Waals surface area contributed by atoms with E-state index >= 15 is 0 Å². The minimum Gasteiger partial charge on any atom is -0.468 e. The van der Waals surface area contributed by atoms with Gasteiger partial charge in [-0.25, -0.2) is 0 Å². The fraction of sp³-hybridized carbons (Fsp3) is 0.588. The van der Waals surface area contributed by atoms with Crippen molar-refractivity contribution in [2.24, 2.45) is 0 Å². The van der Waals surface area contributed by atoms with Gasteiger partial charge in [-0.15, -0.1) is 11.8 Å². The van der Waals surface area contributed by atoms with Crippen LogP contribution in [0.25, 0.3) is 0 Å². The quantitative estimate of drug-likeness (QED) is 0.451. The fourth-order valence-corrected chi connectivity index (χ4v) is 3.42. The third kappa shape index (κ3) is 5.36. The highest BCUT2D eigenvalue weighted by atomic mass is 32.2. The van der Waals surface area contributed by atoms with Crippen LogP contribution in [0.1, 0.15) is 37.8 Å². The van der Waals surface area contributed by atoms with Gasteiger partial charge in [-0.2, -0.15) is 0 Å². The summed E-state index contributed by atoms with van der Waals surface area (Å²) >= 11 is 1.86. The second kappa shape index (κ2) is 8.44. The molecule has 3 nitrogen and oxygen atoms in total. The summed E-state index contributed by atoms with van der Waals surface area (Å²) in [4.78, 5) is 13.2. The molecule has 1 N–H and O–H groups in total. The number of aryl methyl sites for hydroxylation is 2. The Morgan fingerprint density at radius 2 is 2.10 bits per heavy atom. The summed E-state index contributed by atoms with van der Waals surface area (Å²) in [6.45, 7) is 8.94. The molecule has 1 aromatic rings. The van der Waals surface area contributed by atoms with Crippen LogP contribution in [-0.2, 0) is 9.53 Å². The number of thioether (sulfide) groups is 1. The summed E-state index contributed by atoms with van der Waals surface area (Å²) in [6.07, 6.45) is 1.75. The van der Waals surface area contributed by atoms with Gasteiger partial charge < -0.3 is 10.1 Å². The Morgan fingerprint density at radius 1 is 1.38 bits per heavy atom. The zero-order valence-corrected chi connectivity index (χ0v) is 14.6. The summed E-state index contributed by atoms with van der Waals surface area (Å²) in [7, 11) is 1.45. The van der Waals surface area contributed by atoms with Crippen molar-refractivity contribution in [3.05, 3.63) is 29.3 Å². The molecule has 0 aliphatic heterocycles. The smallest absolute Gasteiger partial charge is 0.325 e. The van der Waals surface area contributed by atoms with Crippen molar-refractivity contribution < 1.29 is 9.53 Å². The van der Waals surface area contributed by atoms with Gasteiger partial charge in [0.05, 0.1) is 7.11 Å². The van der Waals surface area contributed by atoms with Gasteiger partial charge in [0.15, 0.2) is 0 Å². The lowest BCUT2D eigenvalue weighted by molar-refractivity contribution is -0.148. The molecule has 0 amide bonds. The van der Waals surface area contributed by atoms with Crippen molar-refractivity contribution in [3.63, 3.8) is 0 Å². The number of carbonyl (C=O) groups is 1. The molecule has 118 valence electrons. The number of ether oxygens (including phenoxy) is 1. The molecule has 1 rings (SSSR count). The van der Waals surface area contributed by atoms with Gasteiger partial charge in [-0.05, 0) is 57.5 Å². The molecule has 0 spiro atoms. The van der Waals surface area contributed by atoms with E-state index in [0.717, 1.165) is 25.1 Å². The van der Waals surface area contributed by atoms with Gasteiger partial charge in [0.2, 0.25) is 0 Å². The van der Waals surface area contributed by atoms with Crippen LogP contribution in [0.4, 0.5) is 0 Å². The highest BCUT2D eigenvalue weighted by Gasteiger charge is 2.32. The molecule has 1 atom stereocenters. The molecule has 1 aromatic carbocycles. The van der Waals surface area contributed by atoms with Crippen LogP contribution >= 0.6 is 11.8 Å². The van der Waals surface area contributed by atoms with Gasteiger partial charge in [0, 0.05) is 4.90 Å². The summed E-state index contributed by atoms with van der Waals surface area (Å²) in [5, 5.41) is 3.25. The maximum atomic E-state index is 11.9. The average Bonchev–Trinajstić information content (AvgIpc) is 2.46. The van der Waals surface area contributed by atoms with Crippen LogP contribution in [0.5, 0.6) is 0 Å². The lowest BCUT2D eigenvalue weighted by Gasteiger charge is -2.27. The number of rotatable bonds is 8. The number of hydrogen-bond acceptors (Lipinski definition) is 4. The van der Waals surface area contributed by atoms with Gasteiger partial charge in [-0.3, -0.25) is 4.79 Å². The number of nitrogens with one attached hydrogen (secondary N) is 1. The van der Waals surface area contributed by atoms with Crippen molar-refractivity contribution in [1.29, 1.82) is 0 Å². The number of benzene rings is 1. The first-order valence-corrected chi connectivity index (χ1v) is 8.45. The van der Waals surface area contributed by atoms with Crippen molar-refractivity contribution in [1.82, 2.24) is 5.32 Å². The summed E-state index contributed by atoms with van der Waals surface area (Å²) < 4.78 is 4.91. The number of likely N-dealkylation sites (N-methyl/N-ethyl adjacent to an activating group) is 1. The monoisotopic (exact) mass is 309 g/mol. The van der Waals surface area contributed by atoms with E-state index in [9.17, 15) is 4.79 Å². The molecule has 21 heavy (non-hydrogen) atoms. The van der Waals surface area contributed by atoms with Crippen molar-refractivity contribution in [2.75, 3.05) is 19.4 Å². The first-order valence-electron chi connectivity index (χ1n) is 7.46. The molecule has 0 saturated carbocycles. The number of carbonyl (C=O) groups excluding carboxylic acids is 1. The first-order chi connectivity index (χ1) is 9.92. The zero-order chi connectivity index (χ0) is 15.9. The number of hydrogen-bond donors (Lipinski definition) is 1. The van der Waals surface area contributed by atoms with E-state index in [4.69, 9.17) is 4.74 Å². The molecular weight excluding hydrogens is 282 g/mol. The normalized spacial score (nSPS) is 13.8. The van der Waals surface area contributed by atoms with E-state index in [0.29, 0.717) is 0 Å². The zero-order valence-electron chi connectivity index (χ0n) is 13.8. The van der Waals surface area contributed by atoms with E-state index in [1.54, 1.807) is 0 Å². The Kier molecular flexibility index (Phi) is 7.26. The third-order valence-corrected chi connectivity index (χ3v) is 4.87. The minimum absolute atomic E-state index is 0.180. The second-order valence-corrected chi connectivity index (χ2v) is 6.71. The Bertz CT molecular complexity index is 476. The molecule has 0 aliphatic carbocycles. The van der Waals surface area contributed by atoms with E-state index in [-0.39, 0.29) is 5.97 Å². The molecule has 0 heterocycles. The SMILES string of the molecule is CCNC(C)(CCCSc1cc(C)ccc1C)C(=O)OC. The number of esters is 1. The largest absolute Gasteiger partial charge is 0.468 e. The maximum absolute atomic E-state index is 11.9. The Balaban J connectivity index is 2.51.